The second kappa shape index (κ2) is 7.67. The average molecular weight is 257 g/mol. The van der Waals surface area contributed by atoms with Crippen LogP contribution in [0.4, 0.5) is 0 Å². The van der Waals surface area contributed by atoms with Gasteiger partial charge in [0.15, 0.2) is 0 Å². The molecule has 0 saturated heterocycles. The topological polar surface area (TPSA) is 47.3 Å². The smallest absolute Gasteiger partial charge is 0.0484 e. The normalized spacial score (nSPS) is 12.7. The molecule has 0 bridgehead atoms. The SMILES string of the molecule is CCCOCCC(NN)c1ccc(C)c(Cl)c1. The largest absolute Gasteiger partial charge is 0.381 e. The molecule has 0 amide bonds. The van der Waals surface area contributed by atoms with Crippen LogP contribution in [0.25, 0.3) is 0 Å². The number of benzene rings is 1. The monoisotopic (exact) mass is 256 g/mol. The fourth-order valence-corrected chi connectivity index (χ4v) is 1.81. The Kier molecular flexibility index (Phi) is 6.52. The minimum absolute atomic E-state index is 0.0879. The summed E-state index contributed by atoms with van der Waals surface area (Å²) in [5.74, 6) is 5.56. The van der Waals surface area contributed by atoms with Gasteiger partial charge < -0.3 is 4.74 Å². The van der Waals surface area contributed by atoms with E-state index in [4.69, 9.17) is 22.2 Å². The van der Waals surface area contributed by atoms with Gasteiger partial charge in [0.25, 0.3) is 0 Å². The van der Waals surface area contributed by atoms with E-state index in [0.717, 1.165) is 35.6 Å². The van der Waals surface area contributed by atoms with Crippen molar-refractivity contribution in [1.29, 1.82) is 0 Å². The Balaban J connectivity index is 2.56. The molecule has 0 spiro atoms. The summed E-state index contributed by atoms with van der Waals surface area (Å²) in [4.78, 5) is 0. The number of hydrogen-bond acceptors (Lipinski definition) is 3. The summed E-state index contributed by atoms with van der Waals surface area (Å²) in [6.45, 7) is 5.58. The fraction of sp³-hybridized carbons (Fsp3) is 0.538. The van der Waals surface area contributed by atoms with Crippen molar-refractivity contribution in [1.82, 2.24) is 5.43 Å². The number of halogens is 1. The Bertz CT molecular complexity index is 344. The van der Waals surface area contributed by atoms with Gasteiger partial charge in [0.1, 0.15) is 0 Å². The van der Waals surface area contributed by atoms with Crippen molar-refractivity contribution < 1.29 is 4.74 Å². The van der Waals surface area contributed by atoms with Crippen LogP contribution in [-0.2, 0) is 4.74 Å². The van der Waals surface area contributed by atoms with Gasteiger partial charge in [-0.15, -0.1) is 0 Å². The summed E-state index contributed by atoms with van der Waals surface area (Å²) in [5, 5.41) is 0.775. The molecule has 1 unspecified atom stereocenters. The lowest BCUT2D eigenvalue weighted by Crippen LogP contribution is -2.29. The minimum Gasteiger partial charge on any atom is -0.381 e. The van der Waals surface area contributed by atoms with Crippen LogP contribution < -0.4 is 11.3 Å². The highest BCUT2D eigenvalue weighted by Gasteiger charge is 2.10. The molecule has 1 atom stereocenters. The quantitative estimate of drug-likeness (QED) is 0.448. The molecule has 0 saturated carbocycles. The van der Waals surface area contributed by atoms with Gasteiger partial charge in [0.05, 0.1) is 0 Å². The van der Waals surface area contributed by atoms with Crippen LogP contribution in [0.3, 0.4) is 0 Å². The van der Waals surface area contributed by atoms with E-state index in [2.05, 4.69) is 12.3 Å². The van der Waals surface area contributed by atoms with Crippen LogP contribution in [0, 0.1) is 6.92 Å². The molecule has 96 valence electrons. The molecule has 0 radical (unpaired) electrons. The molecule has 17 heavy (non-hydrogen) atoms. The summed E-state index contributed by atoms with van der Waals surface area (Å²) in [6.07, 6.45) is 1.88. The van der Waals surface area contributed by atoms with Gasteiger partial charge in [-0.2, -0.15) is 0 Å². The van der Waals surface area contributed by atoms with Gasteiger partial charge in [-0.1, -0.05) is 30.7 Å². The molecular formula is C13H21ClN2O. The Morgan fingerprint density at radius 3 is 2.76 bits per heavy atom. The zero-order valence-corrected chi connectivity index (χ0v) is 11.3. The van der Waals surface area contributed by atoms with E-state index in [1.165, 1.54) is 0 Å². The molecule has 3 N–H and O–H groups in total. The Labute approximate surface area is 108 Å². The maximum absolute atomic E-state index is 6.10. The molecule has 1 aromatic rings. The average Bonchev–Trinajstić information content (AvgIpc) is 2.33. The number of ether oxygens (including phenoxy) is 1. The van der Waals surface area contributed by atoms with E-state index in [9.17, 15) is 0 Å². The number of aryl methyl sites for hydroxylation is 1. The van der Waals surface area contributed by atoms with E-state index in [0.29, 0.717) is 6.61 Å². The van der Waals surface area contributed by atoms with Crippen LogP contribution in [0.15, 0.2) is 18.2 Å². The lowest BCUT2D eigenvalue weighted by molar-refractivity contribution is 0.124. The first kappa shape index (κ1) is 14.5. The molecule has 0 aliphatic carbocycles. The highest BCUT2D eigenvalue weighted by Crippen LogP contribution is 2.22. The van der Waals surface area contributed by atoms with Crippen LogP contribution in [0.1, 0.15) is 36.9 Å². The zero-order chi connectivity index (χ0) is 12.7. The van der Waals surface area contributed by atoms with Gasteiger partial charge >= 0.3 is 0 Å². The fourth-order valence-electron chi connectivity index (χ4n) is 1.62. The second-order valence-corrected chi connectivity index (χ2v) is 4.54. The number of nitrogens with two attached hydrogens (primary N) is 1. The number of hydrazine groups is 1. The molecule has 1 rings (SSSR count). The molecule has 3 nitrogen and oxygen atoms in total. The first-order valence-corrected chi connectivity index (χ1v) is 6.36. The predicted molar refractivity (Wildman–Crippen MR) is 72.0 cm³/mol. The maximum Gasteiger partial charge on any atom is 0.0484 e. The summed E-state index contributed by atoms with van der Waals surface area (Å²) in [6, 6.07) is 6.10. The number of rotatable bonds is 7. The molecule has 0 aliphatic rings. The summed E-state index contributed by atoms with van der Waals surface area (Å²) in [7, 11) is 0. The van der Waals surface area contributed by atoms with E-state index in [1.54, 1.807) is 0 Å². The number of nitrogens with one attached hydrogen (secondary N) is 1. The first-order valence-electron chi connectivity index (χ1n) is 5.99. The number of hydrogen-bond donors (Lipinski definition) is 2. The van der Waals surface area contributed by atoms with Crippen molar-refractivity contribution in [3.63, 3.8) is 0 Å². The molecule has 0 aliphatic heterocycles. The minimum atomic E-state index is 0.0879. The third kappa shape index (κ3) is 4.64. The van der Waals surface area contributed by atoms with E-state index in [-0.39, 0.29) is 6.04 Å². The van der Waals surface area contributed by atoms with Gasteiger partial charge in [-0.05, 0) is 37.0 Å². The van der Waals surface area contributed by atoms with Crippen LogP contribution >= 0.6 is 11.6 Å². The van der Waals surface area contributed by atoms with E-state index >= 15 is 0 Å². The zero-order valence-electron chi connectivity index (χ0n) is 10.5. The van der Waals surface area contributed by atoms with Gasteiger partial charge in [0, 0.05) is 24.3 Å². The Morgan fingerprint density at radius 1 is 1.41 bits per heavy atom. The molecule has 0 aromatic heterocycles. The standard InChI is InChI=1S/C13H21ClN2O/c1-3-7-17-8-6-13(16-15)11-5-4-10(2)12(14)9-11/h4-5,9,13,16H,3,6-8,15H2,1-2H3. The molecule has 0 fully saturated rings. The van der Waals surface area contributed by atoms with Crippen molar-refractivity contribution in [3.05, 3.63) is 34.3 Å². The van der Waals surface area contributed by atoms with Crippen LogP contribution in [0.5, 0.6) is 0 Å². The van der Waals surface area contributed by atoms with Crippen LogP contribution in [0.2, 0.25) is 5.02 Å². The maximum atomic E-state index is 6.10. The van der Waals surface area contributed by atoms with E-state index in [1.807, 2.05) is 25.1 Å². The van der Waals surface area contributed by atoms with Gasteiger partial charge in [-0.25, -0.2) is 0 Å². The lowest BCUT2D eigenvalue weighted by atomic mass is 10.0. The third-order valence-electron chi connectivity index (χ3n) is 2.70. The molecule has 1 aromatic carbocycles. The van der Waals surface area contributed by atoms with E-state index < -0.39 is 0 Å². The van der Waals surface area contributed by atoms with Crippen molar-refractivity contribution in [2.75, 3.05) is 13.2 Å². The van der Waals surface area contributed by atoms with Crippen molar-refractivity contribution in [3.8, 4) is 0 Å². The Morgan fingerprint density at radius 2 is 2.18 bits per heavy atom. The highest BCUT2D eigenvalue weighted by molar-refractivity contribution is 6.31. The van der Waals surface area contributed by atoms with Gasteiger partial charge in [0.2, 0.25) is 0 Å². The van der Waals surface area contributed by atoms with Crippen LogP contribution in [-0.4, -0.2) is 13.2 Å². The van der Waals surface area contributed by atoms with Crippen molar-refractivity contribution in [2.45, 2.75) is 32.7 Å². The summed E-state index contributed by atoms with van der Waals surface area (Å²) in [5.41, 5.74) is 4.98. The molecule has 0 heterocycles. The van der Waals surface area contributed by atoms with Crippen molar-refractivity contribution >= 4 is 11.6 Å². The summed E-state index contributed by atoms with van der Waals surface area (Å²) >= 11 is 6.10. The lowest BCUT2D eigenvalue weighted by Gasteiger charge is -2.17. The third-order valence-corrected chi connectivity index (χ3v) is 3.11. The van der Waals surface area contributed by atoms with Gasteiger partial charge in [-0.3, -0.25) is 11.3 Å². The molecular weight excluding hydrogens is 236 g/mol. The highest BCUT2D eigenvalue weighted by atomic mass is 35.5. The van der Waals surface area contributed by atoms with Crippen molar-refractivity contribution in [2.24, 2.45) is 5.84 Å². The Hall–Kier alpha value is -0.610. The molecule has 4 heteroatoms. The first-order chi connectivity index (χ1) is 8.19. The summed E-state index contributed by atoms with van der Waals surface area (Å²) < 4.78 is 5.46. The second-order valence-electron chi connectivity index (χ2n) is 4.13. The predicted octanol–water partition coefficient (Wildman–Crippen LogP) is 2.97.